The largest absolute Gasteiger partial charge is 0.354 e. The van der Waals surface area contributed by atoms with Gasteiger partial charge >= 0.3 is 0 Å². The number of anilines is 1. The molecule has 0 heterocycles. The zero-order valence-corrected chi connectivity index (χ0v) is 24.2. The quantitative estimate of drug-likeness (QED) is 0.273. The van der Waals surface area contributed by atoms with Gasteiger partial charge in [-0.2, -0.15) is 0 Å². The Bertz CT molecular complexity index is 1330. The van der Waals surface area contributed by atoms with Crippen LogP contribution in [0.25, 0.3) is 0 Å². The van der Waals surface area contributed by atoms with Crippen molar-refractivity contribution in [3.8, 4) is 0 Å². The van der Waals surface area contributed by atoms with Gasteiger partial charge in [0.25, 0.3) is 10.0 Å². The summed E-state index contributed by atoms with van der Waals surface area (Å²) in [4.78, 5) is 28.7. The van der Waals surface area contributed by atoms with Crippen molar-refractivity contribution in [3.63, 3.8) is 0 Å². The van der Waals surface area contributed by atoms with E-state index in [4.69, 9.17) is 11.6 Å². The second-order valence-corrected chi connectivity index (χ2v) is 11.7. The number of rotatable bonds is 13. The fourth-order valence-corrected chi connectivity index (χ4v) is 5.71. The molecule has 208 valence electrons. The number of benzene rings is 3. The number of carbonyl (C=O) groups excluding carboxylic acids is 2. The first-order valence-electron chi connectivity index (χ1n) is 13.1. The molecule has 0 saturated carbocycles. The molecule has 1 atom stereocenters. The average Bonchev–Trinajstić information content (AvgIpc) is 2.93. The highest BCUT2D eigenvalue weighted by Gasteiger charge is 2.33. The Morgan fingerprint density at radius 1 is 0.923 bits per heavy atom. The van der Waals surface area contributed by atoms with Gasteiger partial charge in [-0.05, 0) is 61.7 Å². The van der Waals surface area contributed by atoms with E-state index in [1.54, 1.807) is 66.7 Å². The monoisotopic (exact) mass is 569 g/mol. The molecule has 0 aliphatic carbocycles. The zero-order valence-electron chi connectivity index (χ0n) is 22.6. The van der Waals surface area contributed by atoms with Crippen LogP contribution in [0.3, 0.4) is 0 Å². The molecular weight excluding hydrogens is 534 g/mol. The highest BCUT2D eigenvalue weighted by Crippen LogP contribution is 2.25. The Hall–Kier alpha value is -3.36. The van der Waals surface area contributed by atoms with Crippen molar-refractivity contribution < 1.29 is 18.0 Å². The third kappa shape index (κ3) is 8.07. The maximum Gasteiger partial charge on any atom is 0.264 e. The molecule has 0 unspecified atom stereocenters. The van der Waals surface area contributed by atoms with Crippen LogP contribution in [0, 0.1) is 6.92 Å². The predicted molar refractivity (Wildman–Crippen MR) is 156 cm³/mol. The second kappa shape index (κ2) is 14.1. The number of hydrogen-bond donors (Lipinski definition) is 1. The topological polar surface area (TPSA) is 86.8 Å². The molecule has 39 heavy (non-hydrogen) atoms. The Morgan fingerprint density at radius 2 is 1.56 bits per heavy atom. The van der Waals surface area contributed by atoms with Gasteiger partial charge in [0.05, 0.1) is 10.6 Å². The van der Waals surface area contributed by atoms with E-state index in [2.05, 4.69) is 5.32 Å². The SMILES string of the molecule is CCCCNC(=O)[C@H](CC)N(Cc1ccc(Cl)cc1)C(=O)CN(c1ccccc1)S(=O)(=O)c1ccc(C)cc1. The fraction of sp³-hybridized carbons (Fsp3) is 0.333. The Morgan fingerprint density at radius 3 is 2.15 bits per heavy atom. The zero-order chi connectivity index (χ0) is 28.4. The van der Waals surface area contributed by atoms with E-state index < -0.39 is 28.5 Å². The molecule has 0 saturated heterocycles. The first-order valence-corrected chi connectivity index (χ1v) is 14.9. The smallest absolute Gasteiger partial charge is 0.264 e. The van der Waals surface area contributed by atoms with E-state index in [0.717, 1.165) is 28.3 Å². The lowest BCUT2D eigenvalue weighted by Crippen LogP contribution is -2.52. The summed E-state index contributed by atoms with van der Waals surface area (Å²) in [5.41, 5.74) is 2.06. The minimum atomic E-state index is -4.08. The van der Waals surface area contributed by atoms with Gasteiger partial charge in [0, 0.05) is 18.1 Å². The lowest BCUT2D eigenvalue weighted by atomic mass is 10.1. The van der Waals surface area contributed by atoms with E-state index in [1.165, 1.54) is 17.0 Å². The Balaban J connectivity index is 2.00. The summed E-state index contributed by atoms with van der Waals surface area (Å²) in [6, 6.07) is 21.3. The molecule has 0 fully saturated rings. The highest BCUT2D eigenvalue weighted by atomic mass is 35.5. The van der Waals surface area contributed by atoms with Crippen molar-refractivity contribution in [2.45, 2.75) is 57.5 Å². The molecule has 0 aliphatic heterocycles. The van der Waals surface area contributed by atoms with Crippen LogP contribution in [-0.4, -0.2) is 44.3 Å². The van der Waals surface area contributed by atoms with Crippen molar-refractivity contribution in [3.05, 3.63) is 95.0 Å². The van der Waals surface area contributed by atoms with Gasteiger partial charge in [0.1, 0.15) is 12.6 Å². The summed E-state index contributed by atoms with van der Waals surface area (Å²) in [6.45, 7) is 5.92. The van der Waals surface area contributed by atoms with Crippen LogP contribution in [-0.2, 0) is 26.2 Å². The van der Waals surface area contributed by atoms with Gasteiger partial charge in [-0.15, -0.1) is 0 Å². The third-order valence-corrected chi connectivity index (χ3v) is 8.45. The summed E-state index contributed by atoms with van der Waals surface area (Å²) in [6.07, 6.45) is 2.12. The van der Waals surface area contributed by atoms with Gasteiger partial charge in [-0.25, -0.2) is 8.42 Å². The number of nitrogens with zero attached hydrogens (tertiary/aromatic N) is 2. The van der Waals surface area contributed by atoms with E-state index >= 15 is 0 Å². The summed E-state index contributed by atoms with van der Waals surface area (Å²) in [5.74, 6) is -0.747. The maximum atomic E-state index is 14.0. The number of amides is 2. The molecule has 3 rings (SSSR count). The van der Waals surface area contributed by atoms with Crippen molar-refractivity contribution in [2.75, 3.05) is 17.4 Å². The van der Waals surface area contributed by atoms with E-state index in [1.807, 2.05) is 20.8 Å². The molecule has 0 aromatic heterocycles. The van der Waals surface area contributed by atoms with Crippen molar-refractivity contribution in [1.82, 2.24) is 10.2 Å². The number of carbonyl (C=O) groups is 2. The molecular formula is C30H36ClN3O4S. The number of halogens is 1. The molecule has 9 heteroatoms. The number of unbranched alkanes of at least 4 members (excludes halogenated alkanes) is 1. The number of aryl methyl sites for hydroxylation is 1. The minimum Gasteiger partial charge on any atom is -0.354 e. The fourth-order valence-electron chi connectivity index (χ4n) is 4.17. The highest BCUT2D eigenvalue weighted by molar-refractivity contribution is 7.92. The van der Waals surface area contributed by atoms with Crippen LogP contribution in [0.4, 0.5) is 5.69 Å². The molecule has 0 aliphatic rings. The second-order valence-electron chi connectivity index (χ2n) is 9.38. The molecule has 3 aromatic rings. The molecule has 2 amide bonds. The first kappa shape index (κ1) is 30.2. The first-order chi connectivity index (χ1) is 18.7. The molecule has 3 aromatic carbocycles. The standard InChI is InChI=1S/C30H36ClN3O4S/c1-4-6-20-32-30(36)28(5-2)33(21-24-14-16-25(31)17-15-24)29(35)22-34(26-10-8-7-9-11-26)39(37,38)27-18-12-23(3)13-19-27/h7-19,28H,4-6,20-22H2,1-3H3,(H,32,36)/t28-/m0/s1. The van der Waals surface area contributed by atoms with Crippen LogP contribution >= 0.6 is 11.6 Å². The summed E-state index contributed by atoms with van der Waals surface area (Å²) in [7, 11) is -4.08. The lowest BCUT2D eigenvalue weighted by molar-refractivity contribution is -0.140. The summed E-state index contributed by atoms with van der Waals surface area (Å²) >= 11 is 6.06. The summed E-state index contributed by atoms with van der Waals surface area (Å²) < 4.78 is 28.7. The van der Waals surface area contributed by atoms with Crippen molar-refractivity contribution in [1.29, 1.82) is 0 Å². The van der Waals surface area contributed by atoms with Crippen LogP contribution < -0.4 is 9.62 Å². The maximum absolute atomic E-state index is 14.0. The van der Waals surface area contributed by atoms with E-state index in [0.29, 0.717) is 23.7 Å². The van der Waals surface area contributed by atoms with Gasteiger partial charge in [0.15, 0.2) is 0 Å². The van der Waals surface area contributed by atoms with Gasteiger partial charge in [-0.3, -0.25) is 13.9 Å². The van der Waals surface area contributed by atoms with Crippen LogP contribution in [0.2, 0.25) is 5.02 Å². The molecule has 0 spiro atoms. The predicted octanol–water partition coefficient (Wildman–Crippen LogP) is 5.57. The van der Waals surface area contributed by atoms with Crippen LogP contribution in [0.5, 0.6) is 0 Å². The Kier molecular flexibility index (Phi) is 10.9. The van der Waals surface area contributed by atoms with Crippen molar-refractivity contribution in [2.24, 2.45) is 0 Å². The minimum absolute atomic E-state index is 0.0818. The number of hydrogen-bond acceptors (Lipinski definition) is 4. The van der Waals surface area contributed by atoms with Gasteiger partial charge in [-0.1, -0.05) is 79.9 Å². The van der Waals surface area contributed by atoms with Gasteiger partial charge in [0.2, 0.25) is 11.8 Å². The molecule has 7 nitrogen and oxygen atoms in total. The average molecular weight is 570 g/mol. The molecule has 0 bridgehead atoms. The van der Waals surface area contributed by atoms with E-state index in [-0.39, 0.29) is 17.3 Å². The Labute approximate surface area is 236 Å². The lowest BCUT2D eigenvalue weighted by Gasteiger charge is -2.33. The normalized spacial score (nSPS) is 12.0. The van der Waals surface area contributed by atoms with Crippen LogP contribution in [0.1, 0.15) is 44.2 Å². The van der Waals surface area contributed by atoms with E-state index in [9.17, 15) is 18.0 Å². The number of para-hydroxylation sites is 1. The van der Waals surface area contributed by atoms with Gasteiger partial charge < -0.3 is 10.2 Å². The van der Waals surface area contributed by atoms with Crippen LogP contribution in [0.15, 0.2) is 83.8 Å². The molecule has 0 radical (unpaired) electrons. The number of nitrogens with one attached hydrogen (secondary N) is 1. The summed E-state index contributed by atoms with van der Waals surface area (Å²) in [5, 5.41) is 3.48. The van der Waals surface area contributed by atoms with Crippen molar-refractivity contribution >= 4 is 39.1 Å². The molecule has 1 N–H and O–H groups in total. The number of sulfonamides is 1. The third-order valence-electron chi connectivity index (χ3n) is 6.41.